The molecule has 4 heterocycles. The van der Waals surface area contributed by atoms with Gasteiger partial charge in [0.1, 0.15) is 4.88 Å². The van der Waals surface area contributed by atoms with Crippen molar-refractivity contribution in [3.8, 4) is 0 Å². The first-order valence-corrected chi connectivity index (χ1v) is 11.8. The highest BCUT2D eigenvalue weighted by Gasteiger charge is 2.31. The van der Waals surface area contributed by atoms with Gasteiger partial charge in [0.25, 0.3) is 5.91 Å². The number of aromatic amines is 2. The van der Waals surface area contributed by atoms with Gasteiger partial charge in [0, 0.05) is 19.1 Å². The molecule has 158 valence electrons. The third-order valence-corrected chi connectivity index (χ3v) is 7.95. The lowest BCUT2D eigenvalue weighted by atomic mass is 9.88. The lowest BCUT2D eigenvalue weighted by molar-refractivity contribution is 0.0582. The molecular weight excluding hydrogens is 420 g/mol. The Balaban J connectivity index is 1.16. The third kappa shape index (κ3) is 3.82. The molecule has 8 heteroatoms. The molecule has 3 aromatic rings. The van der Waals surface area contributed by atoms with Gasteiger partial charge in [-0.3, -0.25) is 4.79 Å². The Morgan fingerprint density at radius 1 is 1.00 bits per heavy atom. The summed E-state index contributed by atoms with van der Waals surface area (Å²) in [6, 6.07) is 8.61. The maximum Gasteiger partial charge on any atom is 0.323 e. The Hall–Kier alpha value is -2.09. The number of carbonyl (C=O) groups excluding carboxylic acids is 1. The summed E-state index contributed by atoms with van der Waals surface area (Å²) in [5.41, 5.74) is 2.92. The monoisotopic (exact) mass is 444 g/mol. The van der Waals surface area contributed by atoms with Crippen molar-refractivity contribution in [2.45, 2.75) is 37.6 Å². The summed E-state index contributed by atoms with van der Waals surface area (Å²) >= 11 is 7.56. The van der Waals surface area contributed by atoms with Gasteiger partial charge in [0.05, 0.1) is 16.1 Å². The lowest BCUT2D eigenvalue weighted by Gasteiger charge is -2.42. The van der Waals surface area contributed by atoms with Crippen LogP contribution in [-0.4, -0.2) is 57.9 Å². The van der Waals surface area contributed by atoms with Crippen LogP contribution in [0.15, 0.2) is 34.4 Å². The van der Waals surface area contributed by atoms with Crippen LogP contribution in [0.25, 0.3) is 11.0 Å². The van der Waals surface area contributed by atoms with E-state index >= 15 is 0 Å². The van der Waals surface area contributed by atoms with Crippen LogP contribution >= 0.6 is 22.9 Å². The van der Waals surface area contributed by atoms with Crippen LogP contribution in [0.5, 0.6) is 0 Å². The van der Waals surface area contributed by atoms with Crippen molar-refractivity contribution in [1.82, 2.24) is 19.8 Å². The number of aromatic nitrogens is 2. The number of nitrogens with zero attached hydrogens (tertiary/aromatic N) is 2. The van der Waals surface area contributed by atoms with Crippen LogP contribution < -0.4 is 5.69 Å². The number of carbonyl (C=O) groups is 1. The van der Waals surface area contributed by atoms with E-state index in [-0.39, 0.29) is 11.6 Å². The average Bonchev–Trinajstić information content (AvgIpc) is 3.37. The molecule has 0 unspecified atom stereocenters. The number of H-pyrrole nitrogens is 2. The molecule has 0 aliphatic carbocycles. The fourth-order valence-electron chi connectivity index (χ4n) is 4.93. The van der Waals surface area contributed by atoms with Crippen molar-refractivity contribution in [3.05, 3.63) is 55.6 Å². The number of hydrogen-bond donors (Lipinski definition) is 2. The Labute approximate surface area is 183 Å². The fourth-order valence-corrected chi connectivity index (χ4v) is 6.03. The van der Waals surface area contributed by atoms with Crippen LogP contribution in [0, 0.1) is 0 Å². The summed E-state index contributed by atoms with van der Waals surface area (Å²) < 4.78 is 0. The molecule has 5 rings (SSSR count). The van der Waals surface area contributed by atoms with Crippen molar-refractivity contribution in [1.29, 1.82) is 0 Å². The summed E-state index contributed by atoms with van der Waals surface area (Å²) in [5, 5.41) is 2.44. The molecule has 0 atom stereocenters. The first-order chi connectivity index (χ1) is 14.6. The van der Waals surface area contributed by atoms with E-state index in [0.29, 0.717) is 21.9 Å². The number of likely N-dealkylation sites (tertiary alicyclic amines) is 2. The van der Waals surface area contributed by atoms with Crippen LogP contribution in [0.1, 0.15) is 46.8 Å². The molecule has 2 saturated heterocycles. The Morgan fingerprint density at radius 2 is 1.73 bits per heavy atom. The smallest absolute Gasteiger partial charge is 0.323 e. The van der Waals surface area contributed by atoms with Gasteiger partial charge in [-0.1, -0.05) is 17.7 Å². The molecule has 6 nitrogen and oxygen atoms in total. The zero-order valence-electron chi connectivity index (χ0n) is 16.7. The Morgan fingerprint density at radius 3 is 2.43 bits per heavy atom. The molecule has 0 bridgehead atoms. The van der Waals surface area contributed by atoms with E-state index < -0.39 is 0 Å². The summed E-state index contributed by atoms with van der Waals surface area (Å²) in [6.45, 7) is 3.77. The molecule has 2 fully saturated rings. The summed E-state index contributed by atoms with van der Waals surface area (Å²) in [4.78, 5) is 35.1. The van der Waals surface area contributed by atoms with Gasteiger partial charge >= 0.3 is 5.69 Å². The first-order valence-electron chi connectivity index (χ1n) is 10.6. The predicted octanol–water partition coefficient (Wildman–Crippen LogP) is 4.06. The zero-order valence-corrected chi connectivity index (χ0v) is 18.3. The quantitative estimate of drug-likeness (QED) is 0.640. The fraction of sp³-hybridized carbons (Fsp3) is 0.455. The van der Waals surface area contributed by atoms with E-state index in [9.17, 15) is 9.59 Å². The van der Waals surface area contributed by atoms with Gasteiger partial charge in [0.2, 0.25) is 0 Å². The summed E-state index contributed by atoms with van der Waals surface area (Å²) in [6.07, 6.45) is 4.31. The minimum atomic E-state index is -0.150. The molecule has 1 amide bonds. The van der Waals surface area contributed by atoms with E-state index in [4.69, 9.17) is 11.6 Å². The minimum Gasteiger partial charge on any atom is -0.338 e. The third-order valence-electron chi connectivity index (χ3n) is 6.62. The number of rotatable bonds is 3. The topological polar surface area (TPSA) is 72.2 Å². The predicted molar refractivity (Wildman–Crippen MR) is 121 cm³/mol. The van der Waals surface area contributed by atoms with Gasteiger partial charge in [0.15, 0.2) is 0 Å². The number of fused-ring (bicyclic) bond motifs is 1. The molecule has 0 spiro atoms. The highest BCUT2D eigenvalue weighted by molar-refractivity contribution is 7.12. The van der Waals surface area contributed by atoms with E-state index in [1.165, 1.54) is 16.9 Å². The van der Waals surface area contributed by atoms with Gasteiger partial charge in [-0.2, -0.15) is 0 Å². The van der Waals surface area contributed by atoms with E-state index in [1.807, 2.05) is 16.3 Å². The lowest BCUT2D eigenvalue weighted by Crippen LogP contribution is -2.48. The second-order valence-corrected chi connectivity index (χ2v) is 9.64. The number of thiophene rings is 1. The number of imidazole rings is 1. The maximum atomic E-state index is 12.7. The van der Waals surface area contributed by atoms with Crippen LogP contribution in [-0.2, 0) is 0 Å². The molecule has 2 aliphatic rings. The standard InChI is InChI=1S/C22H25ClN4O2S/c23-17-7-12-30-20(17)21(28)27-10-5-16(6-11-27)26-8-3-14(4-9-26)15-1-2-18-19(13-15)25-22(29)24-18/h1-2,7,12-14,16H,3-6,8-11H2,(H2,24,25,29). The van der Waals surface area contributed by atoms with E-state index in [2.05, 4.69) is 27.0 Å². The van der Waals surface area contributed by atoms with Crippen LogP contribution in [0.4, 0.5) is 0 Å². The molecule has 0 radical (unpaired) electrons. The number of hydrogen-bond acceptors (Lipinski definition) is 4. The van der Waals surface area contributed by atoms with Gasteiger partial charge in [-0.25, -0.2) is 4.79 Å². The van der Waals surface area contributed by atoms with Crippen LogP contribution in [0.3, 0.4) is 0 Å². The molecular formula is C22H25ClN4O2S. The molecule has 2 N–H and O–H groups in total. The van der Waals surface area contributed by atoms with Crippen molar-refractivity contribution in [2.24, 2.45) is 0 Å². The van der Waals surface area contributed by atoms with Crippen molar-refractivity contribution in [2.75, 3.05) is 26.2 Å². The molecule has 0 saturated carbocycles. The summed E-state index contributed by atoms with van der Waals surface area (Å²) in [5.74, 6) is 0.608. The van der Waals surface area contributed by atoms with Crippen molar-refractivity contribution in [3.63, 3.8) is 0 Å². The van der Waals surface area contributed by atoms with Crippen molar-refractivity contribution >= 4 is 39.9 Å². The molecule has 2 aromatic heterocycles. The SMILES string of the molecule is O=C(c1sccc1Cl)N1CCC(N2CCC(c3ccc4[nH]c(=O)[nH]c4c3)CC2)CC1. The zero-order chi connectivity index (χ0) is 20.7. The first kappa shape index (κ1) is 19.8. The average molecular weight is 445 g/mol. The molecule has 2 aliphatic heterocycles. The second-order valence-electron chi connectivity index (χ2n) is 8.32. The number of nitrogens with one attached hydrogen (secondary N) is 2. The highest BCUT2D eigenvalue weighted by Crippen LogP contribution is 2.32. The second kappa shape index (κ2) is 8.21. The number of benzene rings is 1. The number of piperidine rings is 2. The Kier molecular flexibility index (Phi) is 5.43. The van der Waals surface area contributed by atoms with E-state index in [1.54, 1.807) is 6.07 Å². The van der Waals surface area contributed by atoms with Gasteiger partial charge in [-0.05, 0) is 73.8 Å². The van der Waals surface area contributed by atoms with Crippen LogP contribution in [0.2, 0.25) is 5.02 Å². The Bertz CT molecular complexity index is 1100. The van der Waals surface area contributed by atoms with Gasteiger partial charge < -0.3 is 19.8 Å². The number of amides is 1. The normalized spacial score (nSPS) is 19.6. The molecule has 30 heavy (non-hydrogen) atoms. The highest BCUT2D eigenvalue weighted by atomic mass is 35.5. The molecule has 1 aromatic carbocycles. The maximum absolute atomic E-state index is 12.7. The summed E-state index contributed by atoms with van der Waals surface area (Å²) in [7, 11) is 0. The van der Waals surface area contributed by atoms with Crippen molar-refractivity contribution < 1.29 is 4.79 Å². The number of halogens is 1. The van der Waals surface area contributed by atoms with Gasteiger partial charge in [-0.15, -0.1) is 11.3 Å². The minimum absolute atomic E-state index is 0.0744. The largest absolute Gasteiger partial charge is 0.338 e. The van der Waals surface area contributed by atoms with E-state index in [0.717, 1.165) is 62.9 Å².